The molecule has 2 fully saturated rings. The van der Waals surface area contributed by atoms with E-state index in [0.29, 0.717) is 6.42 Å². The fourth-order valence-corrected chi connectivity index (χ4v) is 4.21. The predicted octanol–water partition coefficient (Wildman–Crippen LogP) is 2.67. The summed E-state index contributed by atoms with van der Waals surface area (Å²) < 4.78 is 2.08. The molecule has 1 spiro atoms. The number of anilines is 1. The van der Waals surface area contributed by atoms with Crippen LogP contribution >= 0.6 is 0 Å². The summed E-state index contributed by atoms with van der Waals surface area (Å²) in [5.41, 5.74) is 3.66. The maximum absolute atomic E-state index is 12.7. The van der Waals surface area contributed by atoms with Crippen LogP contribution in [0.2, 0.25) is 0 Å². The topological polar surface area (TPSA) is 41.4 Å². The van der Waals surface area contributed by atoms with Gasteiger partial charge in [0.15, 0.2) is 0 Å². The zero-order valence-electron chi connectivity index (χ0n) is 15.3. The van der Waals surface area contributed by atoms with Crippen LogP contribution in [0.5, 0.6) is 0 Å². The summed E-state index contributed by atoms with van der Waals surface area (Å²) in [6.45, 7) is 7.94. The molecule has 2 aromatic rings. The number of amides is 1. The molecule has 132 valence electrons. The summed E-state index contributed by atoms with van der Waals surface area (Å²) in [7, 11) is 2.04. The van der Waals surface area contributed by atoms with Crippen molar-refractivity contribution in [2.24, 2.45) is 12.5 Å². The Hall–Kier alpha value is -2.14. The van der Waals surface area contributed by atoms with Crippen LogP contribution in [-0.2, 0) is 18.4 Å². The molecule has 25 heavy (non-hydrogen) atoms. The summed E-state index contributed by atoms with van der Waals surface area (Å²) >= 11 is 0. The highest BCUT2D eigenvalue weighted by molar-refractivity contribution is 5.96. The third kappa shape index (κ3) is 2.97. The first-order valence-corrected chi connectivity index (χ1v) is 9.02. The summed E-state index contributed by atoms with van der Waals surface area (Å²) in [5.74, 6) is 1.36. The van der Waals surface area contributed by atoms with E-state index in [1.807, 2.05) is 24.3 Å². The average molecular weight is 338 g/mol. The number of aromatic nitrogens is 2. The van der Waals surface area contributed by atoms with Crippen LogP contribution < -0.4 is 4.90 Å². The molecule has 0 radical (unpaired) electrons. The van der Waals surface area contributed by atoms with E-state index in [-0.39, 0.29) is 11.3 Å². The fourth-order valence-electron chi connectivity index (χ4n) is 4.21. The van der Waals surface area contributed by atoms with Crippen molar-refractivity contribution in [1.82, 2.24) is 14.5 Å². The lowest BCUT2D eigenvalue weighted by Gasteiger charge is -2.24. The molecule has 1 atom stereocenters. The Labute approximate surface area is 149 Å². The predicted molar refractivity (Wildman–Crippen MR) is 98.4 cm³/mol. The van der Waals surface area contributed by atoms with Crippen LogP contribution in [0, 0.1) is 19.3 Å². The summed E-state index contributed by atoms with van der Waals surface area (Å²) in [6.07, 6.45) is 5.59. The lowest BCUT2D eigenvalue weighted by molar-refractivity contribution is -0.117. The molecule has 5 nitrogen and oxygen atoms in total. The van der Waals surface area contributed by atoms with Crippen molar-refractivity contribution in [2.75, 3.05) is 24.5 Å². The number of benzene rings is 1. The molecule has 0 saturated carbocycles. The number of carbonyl (C=O) groups is 1. The van der Waals surface area contributed by atoms with Crippen molar-refractivity contribution in [3.05, 3.63) is 47.5 Å². The Bertz CT molecular complexity index is 812. The van der Waals surface area contributed by atoms with Crippen LogP contribution in [0.15, 0.2) is 30.6 Å². The van der Waals surface area contributed by atoms with Crippen LogP contribution in [0.25, 0.3) is 0 Å². The first-order chi connectivity index (χ1) is 12.0. The molecule has 0 unspecified atom stereocenters. The number of likely N-dealkylation sites (tertiary alicyclic amines) is 1. The third-order valence-electron chi connectivity index (χ3n) is 5.93. The molecule has 1 aromatic carbocycles. The molecule has 0 bridgehead atoms. The number of hydrogen-bond acceptors (Lipinski definition) is 3. The average Bonchev–Trinajstić information content (AvgIpc) is 3.24. The van der Waals surface area contributed by atoms with Crippen molar-refractivity contribution >= 4 is 11.6 Å². The number of carbonyl (C=O) groups excluding carboxylic acids is 1. The highest BCUT2D eigenvalue weighted by Crippen LogP contribution is 2.42. The minimum Gasteiger partial charge on any atom is -0.337 e. The Balaban J connectivity index is 1.48. The zero-order valence-corrected chi connectivity index (χ0v) is 15.3. The number of imidazole rings is 1. The Morgan fingerprint density at radius 1 is 1.20 bits per heavy atom. The van der Waals surface area contributed by atoms with E-state index < -0.39 is 0 Å². The van der Waals surface area contributed by atoms with Crippen molar-refractivity contribution in [1.29, 1.82) is 0 Å². The second kappa shape index (κ2) is 5.99. The van der Waals surface area contributed by atoms with E-state index in [0.717, 1.165) is 44.1 Å². The van der Waals surface area contributed by atoms with Crippen LogP contribution in [0.4, 0.5) is 5.69 Å². The zero-order chi connectivity index (χ0) is 17.6. The van der Waals surface area contributed by atoms with E-state index in [1.54, 1.807) is 0 Å². The van der Waals surface area contributed by atoms with E-state index in [9.17, 15) is 4.79 Å². The van der Waals surface area contributed by atoms with Crippen LogP contribution in [0.3, 0.4) is 0 Å². The maximum Gasteiger partial charge on any atom is 0.227 e. The number of hydrogen-bond donors (Lipinski definition) is 0. The first-order valence-electron chi connectivity index (χ1n) is 9.02. The van der Waals surface area contributed by atoms with Gasteiger partial charge in [0.2, 0.25) is 5.91 Å². The first kappa shape index (κ1) is 16.3. The van der Waals surface area contributed by atoms with Gasteiger partial charge in [-0.1, -0.05) is 6.07 Å². The van der Waals surface area contributed by atoms with E-state index in [2.05, 4.69) is 46.5 Å². The van der Waals surface area contributed by atoms with Gasteiger partial charge in [0, 0.05) is 50.1 Å². The van der Waals surface area contributed by atoms with Crippen molar-refractivity contribution in [3.63, 3.8) is 0 Å². The van der Waals surface area contributed by atoms with Gasteiger partial charge >= 0.3 is 0 Å². The van der Waals surface area contributed by atoms with Gasteiger partial charge in [-0.2, -0.15) is 0 Å². The molecular weight excluding hydrogens is 312 g/mol. The molecule has 2 aliphatic rings. The lowest BCUT2D eigenvalue weighted by atomic mass is 9.86. The molecule has 0 aliphatic carbocycles. The van der Waals surface area contributed by atoms with Crippen LogP contribution in [-0.4, -0.2) is 40.0 Å². The SMILES string of the molecule is Cc1ccc(N2C[C@]3(CCN(Cc4nccn4C)C3)CC2=O)cc1C. The Morgan fingerprint density at radius 3 is 2.76 bits per heavy atom. The molecule has 4 rings (SSSR count). The summed E-state index contributed by atoms with van der Waals surface area (Å²) in [4.78, 5) is 21.6. The monoisotopic (exact) mass is 338 g/mol. The molecule has 1 aromatic heterocycles. The molecule has 2 aliphatic heterocycles. The smallest absolute Gasteiger partial charge is 0.227 e. The lowest BCUT2D eigenvalue weighted by Crippen LogP contribution is -2.31. The van der Waals surface area contributed by atoms with Gasteiger partial charge in [0.05, 0.1) is 6.54 Å². The minimum absolute atomic E-state index is 0.0983. The van der Waals surface area contributed by atoms with Gasteiger partial charge in [-0.3, -0.25) is 9.69 Å². The third-order valence-corrected chi connectivity index (χ3v) is 5.93. The number of nitrogens with zero attached hydrogens (tertiary/aromatic N) is 4. The van der Waals surface area contributed by atoms with E-state index >= 15 is 0 Å². The summed E-state index contributed by atoms with van der Waals surface area (Å²) in [6, 6.07) is 6.34. The van der Waals surface area contributed by atoms with E-state index in [1.165, 1.54) is 11.1 Å². The van der Waals surface area contributed by atoms with Gasteiger partial charge in [0.1, 0.15) is 5.82 Å². The molecule has 1 amide bonds. The number of aryl methyl sites for hydroxylation is 3. The standard InChI is InChI=1S/C20H26N4O/c1-15-4-5-17(10-16(15)2)24-14-20(11-19(24)25)6-8-23(13-20)12-18-21-7-9-22(18)3/h4-5,7,9-10H,6,8,11-14H2,1-3H3/t20-/m1/s1. The van der Waals surface area contributed by atoms with Crippen LogP contribution in [0.1, 0.15) is 29.8 Å². The minimum atomic E-state index is 0.0983. The maximum atomic E-state index is 12.7. The van der Waals surface area contributed by atoms with Crippen molar-refractivity contribution < 1.29 is 4.79 Å². The van der Waals surface area contributed by atoms with Gasteiger partial charge in [-0.05, 0) is 50.1 Å². The Kier molecular flexibility index (Phi) is 3.91. The van der Waals surface area contributed by atoms with Crippen molar-refractivity contribution in [3.8, 4) is 0 Å². The van der Waals surface area contributed by atoms with E-state index in [4.69, 9.17) is 0 Å². The van der Waals surface area contributed by atoms with Gasteiger partial charge in [-0.15, -0.1) is 0 Å². The largest absolute Gasteiger partial charge is 0.337 e. The molecule has 5 heteroatoms. The van der Waals surface area contributed by atoms with Gasteiger partial charge in [0.25, 0.3) is 0 Å². The highest BCUT2D eigenvalue weighted by atomic mass is 16.2. The number of rotatable bonds is 3. The molecule has 3 heterocycles. The fraction of sp³-hybridized carbons (Fsp3) is 0.500. The molecular formula is C20H26N4O. The Morgan fingerprint density at radius 2 is 2.04 bits per heavy atom. The normalized spacial score (nSPS) is 24.0. The van der Waals surface area contributed by atoms with Gasteiger partial charge in [-0.25, -0.2) is 4.98 Å². The quantitative estimate of drug-likeness (QED) is 0.864. The summed E-state index contributed by atoms with van der Waals surface area (Å²) in [5, 5.41) is 0. The second-order valence-electron chi connectivity index (χ2n) is 7.84. The highest BCUT2D eigenvalue weighted by Gasteiger charge is 2.47. The molecule has 2 saturated heterocycles. The van der Waals surface area contributed by atoms with Gasteiger partial charge < -0.3 is 9.47 Å². The van der Waals surface area contributed by atoms with Crippen molar-refractivity contribution in [2.45, 2.75) is 33.2 Å². The molecule has 0 N–H and O–H groups in total. The second-order valence-corrected chi connectivity index (χ2v) is 7.84.